The number of nitrogens with one attached hydrogen (secondary N) is 2. The smallest absolute Gasteiger partial charge is 0.416 e. The molecule has 4 N–H and O–H groups in total. The number of hydrogen-bond acceptors (Lipinski definition) is 3. The summed E-state index contributed by atoms with van der Waals surface area (Å²) in [5.74, 6) is -1.47. The van der Waals surface area contributed by atoms with E-state index in [4.69, 9.17) is 10.2 Å². The van der Waals surface area contributed by atoms with Gasteiger partial charge in [0.1, 0.15) is 0 Å². The number of aliphatic hydroxyl groups excluding tert-OH is 1. The molecule has 21 heavy (non-hydrogen) atoms. The molecule has 0 fully saturated rings. The van der Waals surface area contributed by atoms with Crippen molar-refractivity contribution in [1.82, 2.24) is 5.32 Å². The minimum absolute atomic E-state index is 0.00720. The normalized spacial score (nSPS) is 12.6. The zero-order valence-electron chi connectivity index (χ0n) is 10.9. The molecule has 9 heteroatoms. The summed E-state index contributed by atoms with van der Waals surface area (Å²) < 4.78 is 38.1. The standard InChI is InChI=1S/C12H13F3N2O4/c1-6-2-3-7(4-8(6)12(13,14)15)16-11(21)17-9(5-18)10(19)20/h2-4,9,18H,5H2,1H3,(H,19,20)(H2,16,17,21). The van der Waals surface area contributed by atoms with Crippen molar-refractivity contribution in [2.45, 2.75) is 19.1 Å². The van der Waals surface area contributed by atoms with Crippen molar-refractivity contribution in [1.29, 1.82) is 0 Å². The van der Waals surface area contributed by atoms with E-state index >= 15 is 0 Å². The van der Waals surface area contributed by atoms with Crippen molar-refractivity contribution in [3.63, 3.8) is 0 Å². The fraction of sp³-hybridized carbons (Fsp3) is 0.333. The van der Waals surface area contributed by atoms with Crippen molar-refractivity contribution < 1.29 is 33.0 Å². The Morgan fingerprint density at radius 1 is 1.33 bits per heavy atom. The molecule has 1 rings (SSSR count). The Labute approximate surface area is 117 Å². The van der Waals surface area contributed by atoms with Crippen LogP contribution in [0, 0.1) is 6.92 Å². The summed E-state index contributed by atoms with van der Waals surface area (Å²) in [7, 11) is 0. The zero-order chi connectivity index (χ0) is 16.2. The quantitative estimate of drug-likeness (QED) is 0.679. The molecule has 2 amide bonds. The lowest BCUT2D eigenvalue weighted by atomic mass is 10.1. The third-order valence-corrected chi connectivity index (χ3v) is 2.59. The van der Waals surface area contributed by atoms with Crippen molar-refractivity contribution >= 4 is 17.7 Å². The lowest BCUT2D eigenvalue weighted by Crippen LogP contribution is -2.45. The SMILES string of the molecule is Cc1ccc(NC(=O)NC(CO)C(=O)O)cc1C(F)(F)F. The number of aliphatic hydroxyl groups is 1. The van der Waals surface area contributed by atoms with Gasteiger partial charge in [-0.15, -0.1) is 0 Å². The zero-order valence-corrected chi connectivity index (χ0v) is 10.9. The van der Waals surface area contributed by atoms with Gasteiger partial charge in [0.2, 0.25) is 0 Å². The van der Waals surface area contributed by atoms with Gasteiger partial charge in [0.25, 0.3) is 0 Å². The molecule has 1 aromatic rings. The van der Waals surface area contributed by atoms with Gasteiger partial charge in [-0.2, -0.15) is 13.2 Å². The second kappa shape index (κ2) is 6.44. The van der Waals surface area contributed by atoms with Crippen LogP contribution in [0.1, 0.15) is 11.1 Å². The first-order valence-corrected chi connectivity index (χ1v) is 5.74. The molecule has 1 unspecified atom stereocenters. The largest absolute Gasteiger partial charge is 0.480 e. The summed E-state index contributed by atoms with van der Waals surface area (Å²) in [4.78, 5) is 22.1. The van der Waals surface area contributed by atoms with Gasteiger partial charge < -0.3 is 20.8 Å². The number of benzene rings is 1. The van der Waals surface area contributed by atoms with E-state index in [-0.39, 0.29) is 11.3 Å². The minimum Gasteiger partial charge on any atom is -0.480 e. The summed E-state index contributed by atoms with van der Waals surface area (Å²) in [5.41, 5.74) is -1.06. The number of aliphatic carboxylic acids is 1. The highest BCUT2D eigenvalue weighted by molar-refractivity contribution is 5.92. The number of aryl methyl sites for hydroxylation is 1. The number of alkyl halides is 3. The Morgan fingerprint density at radius 3 is 2.43 bits per heavy atom. The van der Waals surface area contributed by atoms with Crippen molar-refractivity contribution in [3.8, 4) is 0 Å². The summed E-state index contributed by atoms with van der Waals surface area (Å²) in [5, 5.41) is 21.3. The van der Waals surface area contributed by atoms with Crippen molar-refractivity contribution in [2.75, 3.05) is 11.9 Å². The highest BCUT2D eigenvalue weighted by Gasteiger charge is 2.32. The first kappa shape index (κ1) is 16.8. The molecular formula is C12H13F3N2O4. The van der Waals surface area contributed by atoms with E-state index in [1.54, 1.807) is 0 Å². The Morgan fingerprint density at radius 2 is 1.95 bits per heavy atom. The molecule has 0 aromatic heterocycles. The van der Waals surface area contributed by atoms with E-state index in [9.17, 15) is 22.8 Å². The number of carboxylic acids is 1. The predicted molar refractivity (Wildman–Crippen MR) is 66.8 cm³/mol. The third-order valence-electron chi connectivity index (χ3n) is 2.59. The number of amides is 2. The molecule has 0 aliphatic rings. The Hall–Kier alpha value is -2.29. The van der Waals surface area contributed by atoms with E-state index in [0.29, 0.717) is 0 Å². The lowest BCUT2D eigenvalue weighted by molar-refractivity contribution is -0.140. The Bertz CT molecular complexity index is 546. The minimum atomic E-state index is -4.56. The van der Waals surface area contributed by atoms with E-state index in [1.165, 1.54) is 19.1 Å². The topological polar surface area (TPSA) is 98.7 Å². The summed E-state index contributed by atoms with van der Waals surface area (Å²) in [6, 6.07) is 0.591. The average molecular weight is 306 g/mol. The Kier molecular flexibility index (Phi) is 5.14. The number of carboxylic acid groups (broad SMARTS) is 1. The second-order valence-electron chi connectivity index (χ2n) is 4.20. The fourth-order valence-corrected chi connectivity index (χ4v) is 1.52. The Balaban J connectivity index is 2.84. The van der Waals surface area contributed by atoms with Crippen LogP contribution in [-0.2, 0) is 11.0 Å². The first-order valence-electron chi connectivity index (χ1n) is 5.74. The number of rotatable bonds is 4. The maximum atomic E-state index is 12.7. The van der Waals surface area contributed by atoms with Crippen LogP contribution < -0.4 is 10.6 Å². The maximum Gasteiger partial charge on any atom is 0.416 e. The van der Waals surface area contributed by atoms with Crippen LogP contribution in [0.2, 0.25) is 0 Å². The molecule has 0 saturated carbocycles. The van der Waals surface area contributed by atoms with E-state index in [0.717, 1.165) is 6.07 Å². The van der Waals surface area contributed by atoms with Crippen molar-refractivity contribution in [2.24, 2.45) is 0 Å². The van der Waals surface area contributed by atoms with Gasteiger partial charge in [0.15, 0.2) is 6.04 Å². The number of hydrogen-bond donors (Lipinski definition) is 4. The predicted octanol–water partition coefficient (Wildman–Crippen LogP) is 1.58. The van der Waals surface area contributed by atoms with Crippen LogP contribution in [0.15, 0.2) is 18.2 Å². The summed E-state index contributed by atoms with van der Waals surface area (Å²) in [6.45, 7) is 0.434. The molecule has 1 atom stereocenters. The second-order valence-corrected chi connectivity index (χ2v) is 4.20. The highest BCUT2D eigenvalue weighted by Crippen LogP contribution is 2.33. The molecular weight excluding hydrogens is 293 g/mol. The van der Waals surface area contributed by atoms with Crippen LogP contribution in [0.5, 0.6) is 0 Å². The van der Waals surface area contributed by atoms with Gasteiger partial charge in [-0.1, -0.05) is 6.07 Å². The molecule has 0 heterocycles. The number of halogens is 3. The van der Waals surface area contributed by atoms with Gasteiger partial charge in [-0.3, -0.25) is 0 Å². The molecule has 6 nitrogen and oxygen atoms in total. The van der Waals surface area contributed by atoms with Crippen molar-refractivity contribution in [3.05, 3.63) is 29.3 Å². The number of anilines is 1. The molecule has 0 saturated heterocycles. The first-order chi connectivity index (χ1) is 9.65. The fourth-order valence-electron chi connectivity index (χ4n) is 1.52. The summed E-state index contributed by atoms with van der Waals surface area (Å²) in [6.07, 6.45) is -4.56. The van der Waals surface area contributed by atoms with Crippen LogP contribution in [0.3, 0.4) is 0 Å². The van der Waals surface area contributed by atoms with E-state index in [2.05, 4.69) is 5.32 Å². The molecule has 0 aliphatic heterocycles. The lowest BCUT2D eigenvalue weighted by Gasteiger charge is -2.15. The molecule has 116 valence electrons. The molecule has 0 bridgehead atoms. The number of carbonyl (C=O) groups is 2. The van der Waals surface area contributed by atoms with Gasteiger partial charge in [0.05, 0.1) is 12.2 Å². The van der Waals surface area contributed by atoms with Gasteiger partial charge in [0, 0.05) is 5.69 Å². The van der Waals surface area contributed by atoms with Crippen LogP contribution in [0.4, 0.5) is 23.7 Å². The van der Waals surface area contributed by atoms with Gasteiger partial charge >= 0.3 is 18.2 Å². The molecule has 0 spiro atoms. The maximum absolute atomic E-state index is 12.7. The monoisotopic (exact) mass is 306 g/mol. The van der Waals surface area contributed by atoms with E-state index in [1.807, 2.05) is 5.32 Å². The van der Waals surface area contributed by atoms with Crippen LogP contribution in [0.25, 0.3) is 0 Å². The molecule has 0 aliphatic carbocycles. The molecule has 0 radical (unpaired) electrons. The third kappa shape index (κ3) is 4.63. The van der Waals surface area contributed by atoms with Gasteiger partial charge in [-0.05, 0) is 24.6 Å². The summed E-state index contributed by atoms with van der Waals surface area (Å²) >= 11 is 0. The van der Waals surface area contributed by atoms with Crippen LogP contribution in [-0.4, -0.2) is 34.9 Å². The van der Waals surface area contributed by atoms with Gasteiger partial charge in [-0.25, -0.2) is 9.59 Å². The number of urea groups is 1. The van der Waals surface area contributed by atoms with Crippen LogP contribution >= 0.6 is 0 Å². The highest BCUT2D eigenvalue weighted by atomic mass is 19.4. The molecule has 1 aromatic carbocycles. The van der Waals surface area contributed by atoms with E-state index < -0.39 is 36.4 Å². The number of carbonyl (C=O) groups excluding carboxylic acids is 1. The average Bonchev–Trinajstić information content (AvgIpc) is 2.36.